The third kappa shape index (κ3) is 3.67. The molecule has 1 saturated heterocycles. The standard InChI is InChI=1S/C17H23NOS2/c1-11-9-12(2)16(14(4)19)13(3)15(11)10-21-17(20)18-7-5-6-8-18/h9H,5-8,10H2,1-4H3. The summed E-state index contributed by atoms with van der Waals surface area (Å²) in [5.74, 6) is 1.01. The Morgan fingerprint density at radius 2 is 1.86 bits per heavy atom. The second-order valence-corrected chi connectivity index (χ2v) is 7.40. The lowest BCUT2D eigenvalue weighted by Gasteiger charge is -2.20. The van der Waals surface area contributed by atoms with Gasteiger partial charge in [-0.05, 0) is 62.8 Å². The van der Waals surface area contributed by atoms with Crippen LogP contribution in [0.25, 0.3) is 0 Å². The van der Waals surface area contributed by atoms with E-state index in [4.69, 9.17) is 12.2 Å². The van der Waals surface area contributed by atoms with E-state index in [1.807, 2.05) is 6.92 Å². The largest absolute Gasteiger partial charge is 0.358 e. The minimum absolute atomic E-state index is 0.151. The molecule has 1 aliphatic rings. The number of carbonyl (C=O) groups excluding carboxylic acids is 1. The predicted molar refractivity (Wildman–Crippen MR) is 95.4 cm³/mol. The summed E-state index contributed by atoms with van der Waals surface area (Å²) in [6, 6.07) is 2.12. The second-order valence-electron chi connectivity index (χ2n) is 5.79. The van der Waals surface area contributed by atoms with Gasteiger partial charge in [0, 0.05) is 24.4 Å². The topological polar surface area (TPSA) is 20.3 Å². The molecule has 0 radical (unpaired) electrons. The normalized spacial score (nSPS) is 14.6. The van der Waals surface area contributed by atoms with Crippen LogP contribution < -0.4 is 0 Å². The molecule has 21 heavy (non-hydrogen) atoms. The lowest BCUT2D eigenvalue weighted by Crippen LogP contribution is -2.23. The number of thiocarbonyl (C=S) groups is 1. The molecule has 0 atom stereocenters. The first-order valence-corrected chi connectivity index (χ1v) is 8.83. The van der Waals surface area contributed by atoms with Crippen molar-refractivity contribution in [3.8, 4) is 0 Å². The van der Waals surface area contributed by atoms with Crippen LogP contribution >= 0.6 is 24.0 Å². The molecule has 4 heteroatoms. The van der Waals surface area contributed by atoms with Crippen LogP contribution in [-0.2, 0) is 5.75 Å². The van der Waals surface area contributed by atoms with E-state index >= 15 is 0 Å². The van der Waals surface area contributed by atoms with Gasteiger partial charge in [0.2, 0.25) is 0 Å². The predicted octanol–water partition coefficient (Wildman–Crippen LogP) is 4.43. The summed E-state index contributed by atoms with van der Waals surface area (Å²) in [6.07, 6.45) is 2.50. The maximum atomic E-state index is 11.9. The van der Waals surface area contributed by atoms with Crippen molar-refractivity contribution in [2.45, 2.75) is 46.3 Å². The second kappa shape index (κ2) is 6.93. The molecule has 2 rings (SSSR count). The highest BCUT2D eigenvalue weighted by atomic mass is 32.2. The number of likely N-dealkylation sites (tertiary alicyclic amines) is 1. The van der Waals surface area contributed by atoms with Crippen molar-refractivity contribution in [3.63, 3.8) is 0 Å². The van der Waals surface area contributed by atoms with Crippen LogP contribution in [0.2, 0.25) is 0 Å². The summed E-state index contributed by atoms with van der Waals surface area (Å²) in [5, 5.41) is 0. The number of ketones is 1. The Kier molecular flexibility index (Phi) is 5.44. The number of hydrogen-bond donors (Lipinski definition) is 0. The molecule has 1 aromatic carbocycles. The molecule has 1 aliphatic heterocycles. The number of nitrogens with zero attached hydrogens (tertiary/aromatic N) is 1. The summed E-state index contributed by atoms with van der Waals surface area (Å²) in [6.45, 7) is 10.0. The van der Waals surface area contributed by atoms with Crippen molar-refractivity contribution < 1.29 is 4.79 Å². The van der Waals surface area contributed by atoms with Crippen LogP contribution in [0.1, 0.15) is 52.4 Å². The van der Waals surface area contributed by atoms with Crippen molar-refractivity contribution >= 4 is 34.1 Å². The molecule has 0 aromatic heterocycles. The third-order valence-electron chi connectivity index (χ3n) is 4.19. The van der Waals surface area contributed by atoms with Crippen LogP contribution in [0.15, 0.2) is 6.07 Å². The molecule has 0 unspecified atom stereocenters. The third-order valence-corrected chi connectivity index (χ3v) is 5.74. The Balaban J connectivity index is 2.17. The molecule has 1 aromatic rings. The molecule has 0 N–H and O–H groups in total. The molecule has 1 fully saturated rings. The highest BCUT2D eigenvalue weighted by Gasteiger charge is 2.18. The van der Waals surface area contributed by atoms with E-state index in [-0.39, 0.29) is 5.78 Å². The Hall–Kier alpha value is -0.870. The van der Waals surface area contributed by atoms with Gasteiger partial charge in [0.05, 0.1) is 0 Å². The van der Waals surface area contributed by atoms with Crippen molar-refractivity contribution in [3.05, 3.63) is 33.9 Å². The van der Waals surface area contributed by atoms with Gasteiger partial charge in [-0.1, -0.05) is 30.0 Å². The van der Waals surface area contributed by atoms with Crippen molar-refractivity contribution in [1.29, 1.82) is 0 Å². The van der Waals surface area contributed by atoms with E-state index in [1.165, 1.54) is 24.0 Å². The summed E-state index contributed by atoms with van der Waals surface area (Å²) in [5.41, 5.74) is 5.59. The Morgan fingerprint density at radius 1 is 1.24 bits per heavy atom. The summed E-state index contributed by atoms with van der Waals surface area (Å²) in [4.78, 5) is 14.2. The maximum Gasteiger partial charge on any atom is 0.160 e. The fourth-order valence-corrected chi connectivity index (χ4v) is 4.55. The van der Waals surface area contributed by atoms with Gasteiger partial charge in [-0.25, -0.2) is 0 Å². The van der Waals surface area contributed by atoms with Crippen LogP contribution in [0.4, 0.5) is 0 Å². The summed E-state index contributed by atoms with van der Waals surface area (Å²) < 4.78 is 0.997. The number of thioether (sulfide) groups is 1. The molecule has 2 nitrogen and oxygen atoms in total. The molecular formula is C17H23NOS2. The fourth-order valence-electron chi connectivity index (χ4n) is 3.12. The van der Waals surface area contributed by atoms with Gasteiger partial charge in [-0.15, -0.1) is 0 Å². The number of rotatable bonds is 3. The molecule has 1 heterocycles. The first kappa shape index (κ1) is 16.5. The van der Waals surface area contributed by atoms with Crippen LogP contribution in [0, 0.1) is 20.8 Å². The summed E-state index contributed by atoms with van der Waals surface area (Å²) >= 11 is 7.26. The Bertz CT molecular complexity index is 575. The zero-order chi connectivity index (χ0) is 15.6. The zero-order valence-corrected chi connectivity index (χ0v) is 14.9. The van der Waals surface area contributed by atoms with E-state index in [1.54, 1.807) is 18.7 Å². The average molecular weight is 322 g/mol. The van der Waals surface area contributed by atoms with E-state index in [9.17, 15) is 4.79 Å². The van der Waals surface area contributed by atoms with Gasteiger partial charge in [-0.2, -0.15) is 0 Å². The van der Waals surface area contributed by atoms with E-state index in [0.717, 1.165) is 39.9 Å². The first-order valence-electron chi connectivity index (χ1n) is 7.44. The molecule has 0 aliphatic carbocycles. The molecule has 114 valence electrons. The number of aryl methyl sites for hydroxylation is 2. The van der Waals surface area contributed by atoms with Crippen molar-refractivity contribution in [2.75, 3.05) is 13.1 Å². The maximum absolute atomic E-state index is 11.9. The first-order chi connectivity index (χ1) is 9.91. The van der Waals surface area contributed by atoms with Gasteiger partial charge >= 0.3 is 0 Å². The highest BCUT2D eigenvalue weighted by Crippen LogP contribution is 2.28. The zero-order valence-electron chi connectivity index (χ0n) is 13.3. The van der Waals surface area contributed by atoms with Gasteiger partial charge in [0.15, 0.2) is 5.78 Å². The SMILES string of the molecule is CC(=O)c1c(C)cc(C)c(CSC(=S)N2CCCC2)c1C. The summed E-state index contributed by atoms with van der Waals surface area (Å²) in [7, 11) is 0. The molecule has 0 amide bonds. The average Bonchev–Trinajstić information content (AvgIpc) is 2.90. The van der Waals surface area contributed by atoms with Gasteiger partial charge < -0.3 is 4.90 Å². The van der Waals surface area contributed by atoms with Crippen molar-refractivity contribution in [1.82, 2.24) is 4.90 Å². The lowest BCUT2D eigenvalue weighted by atomic mass is 9.92. The molecular weight excluding hydrogens is 298 g/mol. The molecule has 0 saturated carbocycles. The Labute approximate surface area is 137 Å². The van der Waals surface area contributed by atoms with Crippen LogP contribution in [-0.4, -0.2) is 28.1 Å². The number of Topliss-reactive ketones (excluding diaryl/α,β-unsaturated/α-hetero) is 1. The van der Waals surface area contributed by atoms with Crippen LogP contribution in [0.3, 0.4) is 0 Å². The number of carbonyl (C=O) groups is 1. The van der Waals surface area contributed by atoms with Gasteiger partial charge in [0.1, 0.15) is 4.32 Å². The lowest BCUT2D eigenvalue weighted by molar-refractivity contribution is 0.101. The van der Waals surface area contributed by atoms with Crippen molar-refractivity contribution in [2.24, 2.45) is 0 Å². The monoisotopic (exact) mass is 321 g/mol. The minimum atomic E-state index is 0.151. The highest BCUT2D eigenvalue weighted by molar-refractivity contribution is 8.22. The number of hydrogen-bond acceptors (Lipinski definition) is 3. The molecule has 0 bridgehead atoms. The van der Waals surface area contributed by atoms with E-state index < -0.39 is 0 Å². The molecule has 0 spiro atoms. The fraction of sp³-hybridized carbons (Fsp3) is 0.529. The quantitative estimate of drug-likeness (QED) is 0.606. The van der Waals surface area contributed by atoms with Crippen LogP contribution in [0.5, 0.6) is 0 Å². The van der Waals surface area contributed by atoms with Gasteiger partial charge in [-0.3, -0.25) is 4.79 Å². The van der Waals surface area contributed by atoms with Gasteiger partial charge in [0.25, 0.3) is 0 Å². The number of benzene rings is 1. The smallest absolute Gasteiger partial charge is 0.160 e. The van der Waals surface area contributed by atoms with E-state index in [2.05, 4.69) is 24.8 Å². The van der Waals surface area contributed by atoms with E-state index in [0.29, 0.717) is 0 Å². The minimum Gasteiger partial charge on any atom is -0.358 e. The Morgan fingerprint density at radius 3 is 2.43 bits per heavy atom.